The molecule has 0 atom stereocenters. The third-order valence-corrected chi connectivity index (χ3v) is 4.61. The average molecular weight is 389 g/mol. The van der Waals surface area contributed by atoms with E-state index in [2.05, 4.69) is 10.5 Å². The van der Waals surface area contributed by atoms with Gasteiger partial charge in [0.15, 0.2) is 5.76 Å². The van der Waals surface area contributed by atoms with Gasteiger partial charge in [-0.2, -0.15) is 0 Å². The minimum absolute atomic E-state index is 0.0531. The number of likely N-dealkylation sites (N-methyl/N-ethyl adjacent to an activating group) is 1. The van der Waals surface area contributed by atoms with Crippen LogP contribution in [0.2, 0.25) is 0 Å². The number of urea groups is 1. The zero-order valence-electron chi connectivity index (χ0n) is 16.0. The Bertz CT molecular complexity index is 830. The van der Waals surface area contributed by atoms with E-state index in [1.54, 1.807) is 42.1 Å². The summed E-state index contributed by atoms with van der Waals surface area (Å²) in [6.45, 7) is 2.97. The topological polar surface area (TPSA) is 81.9 Å². The molecule has 0 unspecified atom stereocenters. The minimum atomic E-state index is -0.346. The number of hydrogen-bond donors (Lipinski definition) is 1. The summed E-state index contributed by atoms with van der Waals surface area (Å²) < 4.78 is 18.5. The lowest BCUT2D eigenvalue weighted by Crippen LogP contribution is -2.53. The van der Waals surface area contributed by atoms with Gasteiger partial charge in [-0.25, -0.2) is 9.18 Å². The SMILES string of the molecule is CN(C)C(=O)CN1CCN(C(=O)NCc2cc(-c3cccc(F)c3)no2)CC1. The first-order chi connectivity index (χ1) is 13.4. The number of amides is 3. The molecular formula is C19H24FN5O3. The number of nitrogens with one attached hydrogen (secondary N) is 1. The van der Waals surface area contributed by atoms with Crippen LogP contribution in [0.15, 0.2) is 34.9 Å². The lowest BCUT2D eigenvalue weighted by molar-refractivity contribution is -0.130. The summed E-state index contributed by atoms with van der Waals surface area (Å²) in [6.07, 6.45) is 0. The van der Waals surface area contributed by atoms with Gasteiger partial charge in [0.2, 0.25) is 5.91 Å². The van der Waals surface area contributed by atoms with E-state index in [1.807, 2.05) is 4.90 Å². The number of hydrogen-bond acceptors (Lipinski definition) is 5. The molecule has 0 spiro atoms. The summed E-state index contributed by atoms with van der Waals surface area (Å²) in [5.74, 6) is 0.196. The Morgan fingerprint density at radius 1 is 1.21 bits per heavy atom. The van der Waals surface area contributed by atoms with Crippen molar-refractivity contribution < 1.29 is 18.5 Å². The van der Waals surface area contributed by atoms with Crippen molar-refractivity contribution in [1.82, 2.24) is 25.2 Å². The molecule has 0 bridgehead atoms. The maximum atomic E-state index is 13.3. The smallest absolute Gasteiger partial charge is 0.317 e. The second-order valence-electron chi connectivity index (χ2n) is 6.90. The van der Waals surface area contributed by atoms with Crippen molar-refractivity contribution in [2.24, 2.45) is 0 Å². The minimum Gasteiger partial charge on any atom is -0.359 e. The largest absolute Gasteiger partial charge is 0.359 e. The van der Waals surface area contributed by atoms with E-state index in [0.29, 0.717) is 49.7 Å². The molecule has 3 amide bonds. The van der Waals surface area contributed by atoms with Crippen LogP contribution in [0, 0.1) is 5.82 Å². The van der Waals surface area contributed by atoms with Gasteiger partial charge in [0.1, 0.15) is 11.5 Å². The lowest BCUT2D eigenvalue weighted by atomic mass is 10.1. The summed E-state index contributed by atoms with van der Waals surface area (Å²) in [4.78, 5) is 29.4. The third-order valence-electron chi connectivity index (χ3n) is 4.61. The number of nitrogens with zero attached hydrogens (tertiary/aromatic N) is 4. The monoisotopic (exact) mass is 389 g/mol. The quantitative estimate of drug-likeness (QED) is 0.836. The highest BCUT2D eigenvalue weighted by Crippen LogP contribution is 2.19. The van der Waals surface area contributed by atoms with Crippen molar-refractivity contribution in [3.63, 3.8) is 0 Å². The summed E-state index contributed by atoms with van der Waals surface area (Å²) >= 11 is 0. The standard InChI is InChI=1S/C19H24FN5O3/c1-23(2)18(26)13-24-6-8-25(9-7-24)19(27)21-12-16-11-17(22-28-16)14-4-3-5-15(20)10-14/h3-5,10-11H,6-9,12-13H2,1-2H3,(H,21,27). The first kappa shape index (κ1) is 19.8. The van der Waals surface area contributed by atoms with E-state index in [-0.39, 0.29) is 24.3 Å². The highest BCUT2D eigenvalue weighted by Gasteiger charge is 2.23. The van der Waals surface area contributed by atoms with Crippen LogP contribution in [0.3, 0.4) is 0 Å². The number of carbonyl (C=O) groups excluding carboxylic acids is 2. The molecule has 1 aliphatic heterocycles. The number of rotatable bonds is 5. The van der Waals surface area contributed by atoms with Crippen molar-refractivity contribution in [2.75, 3.05) is 46.8 Å². The predicted molar refractivity (Wildman–Crippen MR) is 101 cm³/mol. The lowest BCUT2D eigenvalue weighted by Gasteiger charge is -2.34. The Morgan fingerprint density at radius 3 is 2.64 bits per heavy atom. The van der Waals surface area contributed by atoms with Crippen molar-refractivity contribution >= 4 is 11.9 Å². The van der Waals surface area contributed by atoms with Gasteiger partial charge in [0.25, 0.3) is 0 Å². The normalized spacial score (nSPS) is 14.8. The molecule has 9 heteroatoms. The maximum absolute atomic E-state index is 13.3. The molecule has 2 aromatic rings. The number of halogens is 1. The number of aromatic nitrogens is 1. The van der Waals surface area contributed by atoms with Crippen molar-refractivity contribution in [1.29, 1.82) is 0 Å². The number of piperazine rings is 1. The van der Waals surface area contributed by atoms with E-state index in [0.717, 1.165) is 0 Å². The summed E-state index contributed by atoms with van der Waals surface area (Å²) in [5.41, 5.74) is 1.13. The zero-order valence-corrected chi connectivity index (χ0v) is 16.0. The van der Waals surface area contributed by atoms with E-state index in [4.69, 9.17) is 4.52 Å². The van der Waals surface area contributed by atoms with Crippen LogP contribution in [0.4, 0.5) is 9.18 Å². The molecule has 1 aliphatic rings. The molecule has 1 N–H and O–H groups in total. The first-order valence-corrected chi connectivity index (χ1v) is 9.09. The maximum Gasteiger partial charge on any atom is 0.317 e. The van der Waals surface area contributed by atoms with Crippen molar-refractivity contribution in [3.05, 3.63) is 41.9 Å². The molecule has 0 aliphatic carbocycles. The molecule has 1 aromatic heterocycles. The van der Waals surface area contributed by atoms with Gasteiger partial charge in [-0.3, -0.25) is 9.69 Å². The van der Waals surface area contributed by atoms with E-state index < -0.39 is 0 Å². The van der Waals surface area contributed by atoms with Crippen LogP contribution in [-0.2, 0) is 11.3 Å². The van der Waals surface area contributed by atoms with Crippen LogP contribution in [0.1, 0.15) is 5.76 Å². The highest BCUT2D eigenvalue weighted by molar-refractivity contribution is 5.78. The first-order valence-electron chi connectivity index (χ1n) is 9.09. The molecule has 8 nitrogen and oxygen atoms in total. The second-order valence-corrected chi connectivity index (χ2v) is 6.90. The van der Waals surface area contributed by atoms with E-state index >= 15 is 0 Å². The Balaban J connectivity index is 1.46. The van der Waals surface area contributed by atoms with Gasteiger partial charge < -0.3 is 19.6 Å². The molecular weight excluding hydrogens is 365 g/mol. The van der Waals surface area contributed by atoms with Gasteiger partial charge in [-0.1, -0.05) is 17.3 Å². The number of benzene rings is 1. The van der Waals surface area contributed by atoms with Gasteiger partial charge in [0.05, 0.1) is 13.1 Å². The van der Waals surface area contributed by atoms with Gasteiger partial charge in [0, 0.05) is 51.9 Å². The van der Waals surface area contributed by atoms with Crippen LogP contribution in [0.5, 0.6) is 0 Å². The molecule has 150 valence electrons. The van der Waals surface area contributed by atoms with Crippen LogP contribution in [-0.4, -0.2) is 78.6 Å². The Labute approximate surface area is 162 Å². The molecule has 2 heterocycles. The summed E-state index contributed by atoms with van der Waals surface area (Å²) in [6, 6.07) is 7.57. The van der Waals surface area contributed by atoms with Crippen molar-refractivity contribution in [2.45, 2.75) is 6.54 Å². The molecule has 1 aromatic carbocycles. The molecule has 0 radical (unpaired) electrons. The Morgan fingerprint density at radius 2 is 1.96 bits per heavy atom. The molecule has 3 rings (SSSR count). The zero-order chi connectivity index (χ0) is 20.1. The number of carbonyl (C=O) groups is 2. The fourth-order valence-electron chi connectivity index (χ4n) is 2.90. The predicted octanol–water partition coefficient (Wildman–Crippen LogP) is 1.40. The molecule has 1 saturated heterocycles. The molecule has 28 heavy (non-hydrogen) atoms. The van der Waals surface area contributed by atoms with E-state index in [9.17, 15) is 14.0 Å². The summed E-state index contributed by atoms with van der Waals surface area (Å²) in [7, 11) is 3.46. The van der Waals surface area contributed by atoms with Crippen LogP contribution < -0.4 is 5.32 Å². The fourth-order valence-corrected chi connectivity index (χ4v) is 2.90. The second kappa shape index (κ2) is 8.83. The molecule has 1 fully saturated rings. The average Bonchev–Trinajstić information content (AvgIpc) is 3.15. The Kier molecular flexibility index (Phi) is 6.25. The Hall–Kier alpha value is -2.94. The van der Waals surface area contributed by atoms with Gasteiger partial charge in [-0.05, 0) is 12.1 Å². The summed E-state index contributed by atoms with van der Waals surface area (Å²) in [5, 5.41) is 6.72. The molecule has 0 saturated carbocycles. The van der Waals surface area contributed by atoms with E-state index in [1.165, 1.54) is 12.1 Å². The fraction of sp³-hybridized carbons (Fsp3) is 0.421. The van der Waals surface area contributed by atoms with Crippen molar-refractivity contribution in [3.8, 4) is 11.3 Å². The third kappa shape index (κ3) is 5.07. The van der Waals surface area contributed by atoms with Gasteiger partial charge >= 0.3 is 6.03 Å². The van der Waals surface area contributed by atoms with Crippen LogP contribution >= 0.6 is 0 Å². The van der Waals surface area contributed by atoms with Crippen LogP contribution in [0.25, 0.3) is 11.3 Å². The highest BCUT2D eigenvalue weighted by atomic mass is 19.1. The van der Waals surface area contributed by atoms with Gasteiger partial charge in [-0.15, -0.1) is 0 Å².